The summed E-state index contributed by atoms with van der Waals surface area (Å²) >= 11 is 0. The van der Waals surface area contributed by atoms with Crippen LogP contribution in [0.1, 0.15) is 47.5 Å². The van der Waals surface area contributed by atoms with Crippen molar-refractivity contribution in [2.24, 2.45) is 0 Å². The van der Waals surface area contributed by atoms with E-state index in [1.54, 1.807) is 27.7 Å². The number of esters is 2. The Balaban J connectivity index is 0. The molecule has 0 radical (unpaired) electrons. The second-order valence-corrected chi connectivity index (χ2v) is 5.46. The molecule has 144 valence electrons. The molecular weight excluding hydrogens is 326 g/mol. The fourth-order valence-corrected chi connectivity index (χ4v) is 1.19. The normalized spacial score (nSPS) is 10.2. The molecule has 0 atom stereocenters. The van der Waals surface area contributed by atoms with E-state index in [9.17, 15) is 14.4 Å². The third-order valence-electron chi connectivity index (χ3n) is 2.24. The summed E-state index contributed by atoms with van der Waals surface area (Å²) in [5.41, 5.74) is 0. The number of ether oxygens (including phenoxy) is 3. The van der Waals surface area contributed by atoms with Gasteiger partial charge in [0.25, 0.3) is 0 Å². The van der Waals surface area contributed by atoms with E-state index in [0.29, 0.717) is 6.61 Å². The van der Waals surface area contributed by atoms with E-state index in [1.165, 1.54) is 6.08 Å². The predicted octanol–water partition coefficient (Wildman–Crippen LogP) is 2.51. The quantitative estimate of drug-likeness (QED) is 0.280. The number of carbonyl (C=O) groups excluding carboxylic acids is 3. The van der Waals surface area contributed by atoms with Gasteiger partial charge in [-0.15, -0.1) is 0 Å². The van der Waals surface area contributed by atoms with E-state index in [0.717, 1.165) is 25.0 Å². The topological polar surface area (TPSA) is 90.9 Å². The Morgan fingerprint density at radius 2 is 1.48 bits per heavy atom. The molecule has 0 unspecified atom stereocenters. The Hall–Kier alpha value is -2.15. The van der Waals surface area contributed by atoms with Crippen LogP contribution in [0.25, 0.3) is 0 Å². The summed E-state index contributed by atoms with van der Waals surface area (Å²) < 4.78 is 14.6. The number of hydrogen-bond acceptors (Lipinski definition) is 6. The van der Waals surface area contributed by atoms with Gasteiger partial charge in [-0.2, -0.15) is 0 Å². The van der Waals surface area contributed by atoms with Gasteiger partial charge in [0, 0.05) is 18.8 Å². The average molecular weight is 357 g/mol. The van der Waals surface area contributed by atoms with E-state index >= 15 is 0 Å². The van der Waals surface area contributed by atoms with E-state index in [4.69, 9.17) is 14.2 Å². The van der Waals surface area contributed by atoms with Crippen molar-refractivity contribution in [3.63, 3.8) is 0 Å². The molecule has 0 bridgehead atoms. The van der Waals surface area contributed by atoms with E-state index in [-0.39, 0.29) is 24.8 Å². The van der Waals surface area contributed by atoms with Crippen LogP contribution in [0.4, 0.5) is 0 Å². The molecule has 0 aromatic carbocycles. The van der Waals surface area contributed by atoms with Crippen LogP contribution < -0.4 is 5.32 Å². The zero-order valence-electron chi connectivity index (χ0n) is 15.9. The Morgan fingerprint density at radius 3 is 1.84 bits per heavy atom. The maximum Gasteiger partial charge on any atom is 0.331 e. The Labute approximate surface area is 150 Å². The summed E-state index contributed by atoms with van der Waals surface area (Å²) in [6, 6.07) is 0. The summed E-state index contributed by atoms with van der Waals surface area (Å²) in [4.78, 5) is 32.4. The second-order valence-electron chi connectivity index (χ2n) is 5.46. The maximum absolute atomic E-state index is 10.9. The summed E-state index contributed by atoms with van der Waals surface area (Å²) in [7, 11) is 0. The Morgan fingerprint density at radius 1 is 1.00 bits per heavy atom. The van der Waals surface area contributed by atoms with Crippen molar-refractivity contribution in [1.82, 2.24) is 5.32 Å². The van der Waals surface area contributed by atoms with Gasteiger partial charge in [0.1, 0.15) is 6.73 Å². The molecule has 0 aromatic heterocycles. The molecule has 0 aliphatic heterocycles. The van der Waals surface area contributed by atoms with Crippen LogP contribution in [0.5, 0.6) is 0 Å². The molecule has 0 saturated heterocycles. The number of unbranched alkanes of at least 4 members (excludes halogenated alkanes) is 1. The minimum atomic E-state index is -0.541. The maximum atomic E-state index is 10.9. The smallest absolute Gasteiger partial charge is 0.331 e. The van der Waals surface area contributed by atoms with Gasteiger partial charge in [0.05, 0.1) is 12.2 Å². The lowest BCUT2D eigenvalue weighted by atomic mass is 10.4. The van der Waals surface area contributed by atoms with Gasteiger partial charge in [-0.1, -0.05) is 19.9 Å². The molecule has 7 heteroatoms. The highest BCUT2D eigenvalue weighted by molar-refractivity contribution is 5.91. The number of rotatable bonds is 10. The monoisotopic (exact) mass is 357 g/mol. The third kappa shape index (κ3) is 21.9. The van der Waals surface area contributed by atoms with E-state index in [1.807, 2.05) is 0 Å². The number of amides is 1. The fourth-order valence-electron chi connectivity index (χ4n) is 1.19. The first-order valence-electron chi connectivity index (χ1n) is 8.30. The Kier molecular flexibility index (Phi) is 16.8. The van der Waals surface area contributed by atoms with Crippen molar-refractivity contribution in [2.45, 2.75) is 59.7 Å². The molecule has 0 saturated carbocycles. The summed E-state index contributed by atoms with van der Waals surface area (Å²) in [6.07, 6.45) is 5.11. The number of hydrogen-bond donors (Lipinski definition) is 1. The van der Waals surface area contributed by atoms with Crippen molar-refractivity contribution in [3.8, 4) is 0 Å². The van der Waals surface area contributed by atoms with Crippen LogP contribution >= 0.6 is 0 Å². The SMILES string of the molecule is C=CC(=O)NCOCCCC.CC(C)OC(=O)/C=C/C(=O)OC(C)C. The highest BCUT2D eigenvalue weighted by Crippen LogP contribution is 1.93. The van der Waals surface area contributed by atoms with Crippen molar-refractivity contribution in [2.75, 3.05) is 13.3 Å². The number of nitrogens with one attached hydrogen (secondary N) is 1. The lowest BCUT2D eigenvalue weighted by molar-refractivity contribution is -0.144. The van der Waals surface area contributed by atoms with E-state index in [2.05, 4.69) is 18.8 Å². The fraction of sp³-hybridized carbons (Fsp3) is 0.611. The van der Waals surface area contributed by atoms with Crippen LogP contribution in [-0.4, -0.2) is 43.4 Å². The highest BCUT2D eigenvalue weighted by atomic mass is 16.5. The average Bonchev–Trinajstić information content (AvgIpc) is 2.52. The molecule has 1 amide bonds. The first-order valence-corrected chi connectivity index (χ1v) is 8.30. The first kappa shape index (κ1) is 25.1. The zero-order valence-corrected chi connectivity index (χ0v) is 15.9. The molecule has 0 aromatic rings. The van der Waals surface area contributed by atoms with Crippen LogP contribution in [0.3, 0.4) is 0 Å². The van der Waals surface area contributed by atoms with Gasteiger partial charge >= 0.3 is 11.9 Å². The molecule has 0 rings (SSSR count). The minimum Gasteiger partial charge on any atom is -0.460 e. The molecule has 1 N–H and O–H groups in total. The molecular formula is C18H31NO6. The van der Waals surface area contributed by atoms with Crippen LogP contribution in [0.15, 0.2) is 24.8 Å². The van der Waals surface area contributed by atoms with Gasteiger partial charge in [-0.05, 0) is 40.2 Å². The largest absolute Gasteiger partial charge is 0.460 e. The van der Waals surface area contributed by atoms with Gasteiger partial charge in [-0.3, -0.25) is 4.79 Å². The highest BCUT2D eigenvalue weighted by Gasteiger charge is 2.03. The Bertz CT molecular complexity index is 405. The molecule has 0 spiro atoms. The molecule has 0 heterocycles. The second kappa shape index (κ2) is 16.7. The number of carbonyl (C=O) groups is 3. The molecule has 7 nitrogen and oxygen atoms in total. The van der Waals surface area contributed by atoms with Gasteiger partial charge in [0.2, 0.25) is 5.91 Å². The molecule has 0 aliphatic rings. The van der Waals surface area contributed by atoms with Gasteiger partial charge < -0.3 is 19.5 Å². The summed E-state index contributed by atoms with van der Waals surface area (Å²) in [5, 5.41) is 2.51. The van der Waals surface area contributed by atoms with Crippen molar-refractivity contribution in [1.29, 1.82) is 0 Å². The van der Waals surface area contributed by atoms with Crippen molar-refractivity contribution < 1.29 is 28.6 Å². The molecule has 0 fully saturated rings. The van der Waals surface area contributed by atoms with Gasteiger partial charge in [0.15, 0.2) is 0 Å². The third-order valence-corrected chi connectivity index (χ3v) is 2.24. The summed E-state index contributed by atoms with van der Waals surface area (Å²) in [5.74, 6) is -1.28. The minimum absolute atomic E-state index is 0.187. The first-order chi connectivity index (χ1) is 11.7. The van der Waals surface area contributed by atoms with Crippen LogP contribution in [0, 0.1) is 0 Å². The lowest BCUT2D eigenvalue weighted by Gasteiger charge is -2.05. The van der Waals surface area contributed by atoms with Crippen molar-refractivity contribution in [3.05, 3.63) is 24.8 Å². The van der Waals surface area contributed by atoms with Crippen molar-refractivity contribution >= 4 is 17.8 Å². The van der Waals surface area contributed by atoms with Crippen LogP contribution in [0.2, 0.25) is 0 Å². The van der Waals surface area contributed by atoms with Crippen LogP contribution in [-0.2, 0) is 28.6 Å². The zero-order chi connectivity index (χ0) is 19.7. The molecule has 25 heavy (non-hydrogen) atoms. The lowest BCUT2D eigenvalue weighted by Crippen LogP contribution is -2.23. The summed E-state index contributed by atoms with van der Waals surface area (Å²) in [6.45, 7) is 13.3. The van der Waals surface area contributed by atoms with Gasteiger partial charge in [-0.25, -0.2) is 9.59 Å². The standard InChI is InChI=1S/C10H16O4.C8H15NO2/c1-7(2)13-9(11)5-6-10(12)14-8(3)4;1-3-5-6-11-7-9-8(10)4-2/h5-8H,1-4H3;4H,2-3,5-7H2,1H3,(H,9,10)/b6-5+;. The molecule has 0 aliphatic carbocycles. The van der Waals surface area contributed by atoms with E-state index < -0.39 is 11.9 Å². The predicted molar refractivity (Wildman–Crippen MR) is 95.7 cm³/mol.